The second-order valence-electron chi connectivity index (χ2n) is 15.5. The molecule has 6 rings (SSSR count). The molecule has 224 valence electrons. The minimum absolute atomic E-state index is 0.0781. The van der Waals surface area contributed by atoms with Crippen LogP contribution in [0.2, 0.25) is 0 Å². The van der Waals surface area contributed by atoms with Gasteiger partial charge < -0.3 is 9.15 Å². The molecule has 42 heavy (non-hydrogen) atoms. The molecule has 8 heteroatoms. The van der Waals surface area contributed by atoms with Gasteiger partial charge in [0, 0.05) is 18.3 Å². The van der Waals surface area contributed by atoms with Gasteiger partial charge in [0.15, 0.2) is 11.6 Å². The van der Waals surface area contributed by atoms with Crippen molar-refractivity contribution in [2.75, 3.05) is 7.11 Å². The number of aryl methyl sites for hydroxylation is 1. The van der Waals surface area contributed by atoms with Gasteiger partial charge in [-0.05, 0) is 85.5 Å². The van der Waals surface area contributed by atoms with Crippen LogP contribution in [0.15, 0.2) is 27.7 Å². The number of fused-ring (bicyclic) bond motifs is 7. The Morgan fingerprint density at radius 3 is 2.38 bits per heavy atom. The molecule has 0 amide bonds. The zero-order chi connectivity index (χ0) is 30.6. The van der Waals surface area contributed by atoms with Crippen LogP contribution in [-0.4, -0.2) is 34.8 Å². The molecule has 1 unspecified atom stereocenters. The highest BCUT2D eigenvalue weighted by Crippen LogP contribution is 2.73. The summed E-state index contributed by atoms with van der Waals surface area (Å²) >= 11 is 0. The largest absolute Gasteiger partial charge is 0.469 e. The molecular formula is C34H43N3O5. The summed E-state index contributed by atoms with van der Waals surface area (Å²) in [5, 5.41) is 18.5. The molecule has 3 saturated carbocycles. The molecule has 0 bridgehead atoms. The van der Waals surface area contributed by atoms with Crippen LogP contribution in [0.3, 0.4) is 0 Å². The van der Waals surface area contributed by atoms with Crippen LogP contribution in [0.1, 0.15) is 91.8 Å². The Morgan fingerprint density at radius 2 is 1.76 bits per heavy atom. The molecule has 9 atom stereocenters. The van der Waals surface area contributed by atoms with Crippen LogP contribution in [0, 0.1) is 69.5 Å². The quantitative estimate of drug-likeness (QED) is 0.403. The van der Waals surface area contributed by atoms with Crippen molar-refractivity contribution in [3.05, 3.63) is 35.1 Å². The molecule has 0 aromatic carbocycles. The second-order valence-corrected chi connectivity index (χ2v) is 15.5. The van der Waals surface area contributed by atoms with Crippen LogP contribution < -0.4 is 0 Å². The van der Waals surface area contributed by atoms with Crippen molar-refractivity contribution in [3.63, 3.8) is 0 Å². The first-order valence-electron chi connectivity index (χ1n) is 15.4. The third-order valence-corrected chi connectivity index (χ3v) is 12.9. The van der Waals surface area contributed by atoms with Gasteiger partial charge in [0.05, 0.1) is 18.6 Å². The molecule has 3 fully saturated rings. The van der Waals surface area contributed by atoms with E-state index in [0.29, 0.717) is 12.3 Å². The molecule has 0 spiro atoms. The van der Waals surface area contributed by atoms with Gasteiger partial charge in [0.1, 0.15) is 11.5 Å². The highest BCUT2D eigenvalue weighted by molar-refractivity contribution is 6.07. The number of hydrogen-bond acceptors (Lipinski definition) is 8. The van der Waals surface area contributed by atoms with E-state index in [2.05, 4.69) is 50.9 Å². The van der Waals surface area contributed by atoms with Crippen molar-refractivity contribution < 1.29 is 23.5 Å². The molecule has 0 saturated heterocycles. The predicted octanol–water partition coefficient (Wildman–Crippen LogP) is 5.86. The molecule has 1 aromatic heterocycles. The zero-order valence-corrected chi connectivity index (χ0v) is 26.2. The number of aromatic nitrogens is 2. The number of ketones is 2. The van der Waals surface area contributed by atoms with Crippen LogP contribution in [0.25, 0.3) is 0 Å². The third kappa shape index (κ3) is 3.55. The smallest absolute Gasteiger partial charge is 0.308 e. The van der Waals surface area contributed by atoms with Crippen molar-refractivity contribution in [2.45, 2.75) is 92.4 Å². The van der Waals surface area contributed by atoms with Gasteiger partial charge in [-0.25, -0.2) is 0 Å². The van der Waals surface area contributed by atoms with Crippen LogP contribution >= 0.6 is 0 Å². The maximum atomic E-state index is 14.5. The molecule has 1 heterocycles. The summed E-state index contributed by atoms with van der Waals surface area (Å²) in [7, 11) is 1.47. The Kier molecular flexibility index (Phi) is 6.19. The topological polar surface area (TPSA) is 123 Å². The van der Waals surface area contributed by atoms with Crippen molar-refractivity contribution in [3.8, 4) is 6.07 Å². The predicted molar refractivity (Wildman–Crippen MR) is 153 cm³/mol. The number of methoxy groups -OCH3 is 1. The monoisotopic (exact) mass is 573 g/mol. The van der Waals surface area contributed by atoms with Gasteiger partial charge >= 0.3 is 5.97 Å². The van der Waals surface area contributed by atoms with E-state index < -0.39 is 10.8 Å². The molecule has 0 aliphatic heterocycles. The first-order chi connectivity index (χ1) is 19.6. The summed E-state index contributed by atoms with van der Waals surface area (Å²) < 4.78 is 11.2. The number of rotatable bonds is 2. The maximum absolute atomic E-state index is 14.5. The van der Waals surface area contributed by atoms with Gasteiger partial charge in [-0.3, -0.25) is 14.4 Å². The fourth-order valence-corrected chi connectivity index (χ4v) is 10.8. The second kappa shape index (κ2) is 8.97. The molecule has 0 N–H and O–H groups in total. The fourth-order valence-electron chi connectivity index (χ4n) is 10.8. The Balaban J connectivity index is 1.51. The van der Waals surface area contributed by atoms with Gasteiger partial charge in [0.2, 0.25) is 11.8 Å². The first kappa shape index (κ1) is 29.0. The zero-order valence-electron chi connectivity index (χ0n) is 26.2. The summed E-state index contributed by atoms with van der Waals surface area (Å²) in [5.74, 6) is -0.179. The average molecular weight is 574 g/mol. The standard InChI is InChI=1S/C34H43N3O5/c1-18-36-37-29(42-18)34(7)24-10-12-32(5)25(31(24,4)14-19(17-35)27(34)39)13-23(38)26-21-15-30(2,3)16-22(28(40)41-8)20(21)9-11-33(26,32)6/h13-14,20-22,24,26H,9-12,15-16H2,1-8H3/t20?,21-,22-,24-,26+,31+,32-,33-,34+/m1/s1. The number of ether oxygens (including phenoxy) is 1. The lowest BCUT2D eigenvalue weighted by molar-refractivity contribution is -0.171. The van der Waals surface area contributed by atoms with Gasteiger partial charge in [0.25, 0.3) is 0 Å². The highest BCUT2D eigenvalue weighted by Gasteiger charge is 2.70. The normalized spacial score (nSPS) is 43.9. The summed E-state index contributed by atoms with van der Waals surface area (Å²) in [6.45, 7) is 14.6. The highest BCUT2D eigenvalue weighted by atomic mass is 16.5. The van der Waals surface area contributed by atoms with Crippen LogP contribution in [0.5, 0.6) is 0 Å². The number of carbonyl (C=O) groups is 3. The molecule has 8 nitrogen and oxygen atoms in total. The summed E-state index contributed by atoms with van der Waals surface area (Å²) in [4.78, 5) is 41.4. The molecule has 5 aliphatic carbocycles. The van der Waals surface area contributed by atoms with Crippen LogP contribution in [-0.2, 0) is 24.5 Å². The number of nitrogens with zero attached hydrogens (tertiary/aromatic N) is 3. The maximum Gasteiger partial charge on any atom is 0.308 e. The van der Waals surface area contributed by atoms with Gasteiger partial charge in [-0.15, -0.1) is 10.2 Å². The number of hydrogen-bond donors (Lipinski definition) is 0. The van der Waals surface area contributed by atoms with Crippen molar-refractivity contribution in [1.82, 2.24) is 10.2 Å². The third-order valence-electron chi connectivity index (χ3n) is 12.9. The molecular weight excluding hydrogens is 530 g/mol. The summed E-state index contributed by atoms with van der Waals surface area (Å²) in [6.07, 6.45) is 8.60. The number of nitriles is 1. The number of carbonyl (C=O) groups excluding carboxylic acids is 3. The van der Waals surface area contributed by atoms with E-state index in [9.17, 15) is 19.6 Å². The molecule has 1 aromatic rings. The van der Waals surface area contributed by atoms with Crippen LogP contribution in [0.4, 0.5) is 0 Å². The van der Waals surface area contributed by atoms with E-state index in [0.717, 1.165) is 37.7 Å². The number of allylic oxidation sites excluding steroid dienone is 4. The lowest BCUT2D eigenvalue weighted by Gasteiger charge is -2.67. The van der Waals surface area contributed by atoms with E-state index in [4.69, 9.17) is 9.15 Å². The SMILES string of the molecule is COC(=O)[C@@H]1CC(C)(C)C[C@@H]2C1CC[C@]1(C)[C@@H]2C(=O)C=C2[C@@]3(C)C=C(C#N)C(=O)[C@@](C)(c4nnc(C)o4)[C@@H]3CC[C@]21C. The Bertz CT molecular complexity index is 1500. The lowest BCUT2D eigenvalue weighted by atomic mass is 9.35. The van der Waals surface area contributed by atoms with Gasteiger partial charge in [-0.2, -0.15) is 5.26 Å². The molecule has 5 aliphatic rings. The van der Waals surface area contributed by atoms with Crippen molar-refractivity contribution in [1.29, 1.82) is 5.26 Å². The number of esters is 1. The Labute approximate surface area is 248 Å². The van der Waals surface area contributed by atoms with E-state index >= 15 is 0 Å². The van der Waals surface area contributed by atoms with E-state index in [1.807, 2.05) is 19.1 Å². The van der Waals surface area contributed by atoms with Crippen molar-refractivity contribution >= 4 is 17.5 Å². The average Bonchev–Trinajstić information content (AvgIpc) is 3.37. The Hall–Kier alpha value is -3.08. The molecule has 0 radical (unpaired) electrons. The number of Topliss-reactive ketones (excluding diaryl/α,β-unsaturated/α-hetero) is 1. The summed E-state index contributed by atoms with van der Waals surface area (Å²) in [5.41, 5.74) is -1.58. The summed E-state index contributed by atoms with van der Waals surface area (Å²) in [6, 6.07) is 2.16. The Morgan fingerprint density at radius 1 is 1.05 bits per heavy atom. The van der Waals surface area contributed by atoms with E-state index in [-0.39, 0.29) is 74.8 Å². The lowest BCUT2D eigenvalue weighted by Crippen LogP contribution is -2.64. The fraction of sp³-hybridized carbons (Fsp3) is 0.706. The van der Waals surface area contributed by atoms with E-state index in [1.165, 1.54) is 7.11 Å². The first-order valence-corrected chi connectivity index (χ1v) is 15.4. The van der Waals surface area contributed by atoms with Gasteiger partial charge in [-0.1, -0.05) is 46.3 Å². The minimum Gasteiger partial charge on any atom is -0.469 e. The minimum atomic E-state index is -1.18. The van der Waals surface area contributed by atoms with E-state index in [1.54, 1.807) is 6.92 Å². The van der Waals surface area contributed by atoms with Crippen molar-refractivity contribution in [2.24, 2.45) is 51.2 Å².